The quantitative estimate of drug-likeness (QED) is 0.753. The van der Waals surface area contributed by atoms with Gasteiger partial charge in [0.1, 0.15) is 5.75 Å². The molecule has 1 amide bonds. The number of benzene rings is 1. The smallest absolute Gasteiger partial charge is 0.218 e. The average Bonchev–Trinajstić information content (AvgIpc) is 2.28. The average molecular weight is 236 g/mol. The minimum atomic E-state index is -0.281. The van der Waals surface area contributed by atoms with Crippen molar-refractivity contribution in [3.63, 3.8) is 0 Å². The van der Waals surface area contributed by atoms with Crippen molar-refractivity contribution in [2.45, 2.75) is 32.9 Å². The van der Waals surface area contributed by atoms with Gasteiger partial charge < -0.3 is 15.8 Å². The molecule has 17 heavy (non-hydrogen) atoms. The van der Waals surface area contributed by atoms with Gasteiger partial charge in [-0.2, -0.15) is 0 Å². The molecular weight excluding hydrogens is 216 g/mol. The number of nitrogens with two attached hydrogens (primary N) is 1. The fourth-order valence-electron chi connectivity index (χ4n) is 1.54. The van der Waals surface area contributed by atoms with E-state index in [-0.39, 0.29) is 11.9 Å². The maximum absolute atomic E-state index is 10.7. The van der Waals surface area contributed by atoms with Gasteiger partial charge in [0.05, 0.1) is 6.61 Å². The second-order valence-electron chi connectivity index (χ2n) is 4.03. The Kier molecular flexibility index (Phi) is 5.49. The van der Waals surface area contributed by atoms with Crippen LogP contribution >= 0.6 is 0 Å². The molecule has 4 heteroatoms. The van der Waals surface area contributed by atoms with Crippen LogP contribution in [0.4, 0.5) is 0 Å². The van der Waals surface area contributed by atoms with Crippen LogP contribution in [0.2, 0.25) is 0 Å². The van der Waals surface area contributed by atoms with E-state index in [0.717, 1.165) is 17.9 Å². The third kappa shape index (κ3) is 5.36. The number of hydrogen-bond donors (Lipinski definition) is 2. The Bertz CT molecular complexity index is 349. The largest absolute Gasteiger partial charge is 0.494 e. The lowest BCUT2D eigenvalue weighted by Crippen LogP contribution is -2.30. The van der Waals surface area contributed by atoms with Gasteiger partial charge >= 0.3 is 0 Å². The minimum Gasteiger partial charge on any atom is -0.494 e. The molecule has 0 bridgehead atoms. The Balaban J connectivity index is 2.38. The van der Waals surface area contributed by atoms with Crippen LogP contribution in [0.15, 0.2) is 24.3 Å². The highest BCUT2D eigenvalue weighted by Gasteiger charge is 2.04. The molecule has 0 aliphatic rings. The molecular formula is C13H20N2O2. The number of hydrogen-bond acceptors (Lipinski definition) is 3. The van der Waals surface area contributed by atoms with Gasteiger partial charge in [-0.05, 0) is 31.5 Å². The summed E-state index contributed by atoms with van der Waals surface area (Å²) < 4.78 is 5.36. The zero-order valence-corrected chi connectivity index (χ0v) is 10.4. The standard InChI is InChI=1S/C13H20N2O2/c1-3-17-12-6-4-11(5-7-12)9-15-10(2)8-13(14)16/h4-7,10,15H,3,8-9H2,1-2H3,(H2,14,16). The summed E-state index contributed by atoms with van der Waals surface area (Å²) in [5.74, 6) is 0.595. The first-order valence-electron chi connectivity index (χ1n) is 5.85. The van der Waals surface area contributed by atoms with E-state index in [2.05, 4.69) is 5.32 Å². The van der Waals surface area contributed by atoms with Gasteiger partial charge in [-0.15, -0.1) is 0 Å². The van der Waals surface area contributed by atoms with Gasteiger partial charge in [0.2, 0.25) is 5.91 Å². The predicted molar refractivity (Wildman–Crippen MR) is 67.7 cm³/mol. The Hall–Kier alpha value is -1.55. The first-order valence-corrected chi connectivity index (χ1v) is 5.85. The summed E-state index contributed by atoms with van der Waals surface area (Å²) in [6, 6.07) is 8.00. The zero-order valence-electron chi connectivity index (χ0n) is 10.4. The van der Waals surface area contributed by atoms with E-state index in [9.17, 15) is 4.79 Å². The van der Waals surface area contributed by atoms with Crippen molar-refractivity contribution in [1.29, 1.82) is 0 Å². The van der Waals surface area contributed by atoms with E-state index in [1.54, 1.807) is 0 Å². The van der Waals surface area contributed by atoms with Crippen LogP contribution in [-0.2, 0) is 11.3 Å². The Morgan fingerprint density at radius 2 is 2.06 bits per heavy atom. The van der Waals surface area contributed by atoms with Gasteiger partial charge in [-0.3, -0.25) is 4.79 Å². The number of ether oxygens (including phenoxy) is 1. The van der Waals surface area contributed by atoms with Crippen molar-refractivity contribution < 1.29 is 9.53 Å². The van der Waals surface area contributed by atoms with Crippen LogP contribution in [0.5, 0.6) is 5.75 Å². The molecule has 0 saturated heterocycles. The molecule has 1 aromatic carbocycles. The van der Waals surface area contributed by atoms with Crippen molar-refractivity contribution in [1.82, 2.24) is 5.32 Å². The maximum Gasteiger partial charge on any atom is 0.218 e. The van der Waals surface area contributed by atoms with Crippen molar-refractivity contribution in [3.8, 4) is 5.75 Å². The normalized spacial score (nSPS) is 12.1. The highest BCUT2D eigenvalue weighted by molar-refractivity contribution is 5.74. The van der Waals surface area contributed by atoms with E-state index in [0.29, 0.717) is 13.0 Å². The van der Waals surface area contributed by atoms with Crippen LogP contribution < -0.4 is 15.8 Å². The van der Waals surface area contributed by atoms with Crippen LogP contribution in [0, 0.1) is 0 Å². The lowest BCUT2D eigenvalue weighted by atomic mass is 10.2. The van der Waals surface area contributed by atoms with Crippen LogP contribution in [-0.4, -0.2) is 18.6 Å². The van der Waals surface area contributed by atoms with Crippen molar-refractivity contribution in [2.75, 3.05) is 6.61 Å². The van der Waals surface area contributed by atoms with E-state index in [4.69, 9.17) is 10.5 Å². The summed E-state index contributed by atoms with van der Waals surface area (Å²) in [5, 5.41) is 3.24. The number of rotatable bonds is 7. The molecule has 94 valence electrons. The molecule has 4 nitrogen and oxygen atoms in total. The lowest BCUT2D eigenvalue weighted by molar-refractivity contribution is -0.118. The van der Waals surface area contributed by atoms with E-state index in [1.165, 1.54) is 0 Å². The SMILES string of the molecule is CCOc1ccc(CNC(C)CC(N)=O)cc1. The first-order chi connectivity index (χ1) is 8.11. The Morgan fingerprint density at radius 3 is 2.59 bits per heavy atom. The highest BCUT2D eigenvalue weighted by Crippen LogP contribution is 2.12. The monoisotopic (exact) mass is 236 g/mol. The number of primary amides is 1. The number of amides is 1. The maximum atomic E-state index is 10.7. The molecule has 0 heterocycles. The third-order valence-electron chi connectivity index (χ3n) is 2.40. The van der Waals surface area contributed by atoms with Crippen LogP contribution in [0.25, 0.3) is 0 Å². The molecule has 1 rings (SSSR count). The molecule has 0 radical (unpaired) electrons. The second-order valence-corrected chi connectivity index (χ2v) is 4.03. The molecule has 1 atom stereocenters. The predicted octanol–water partition coefficient (Wildman–Crippen LogP) is 1.44. The van der Waals surface area contributed by atoms with Gasteiger partial charge in [0, 0.05) is 19.0 Å². The summed E-state index contributed by atoms with van der Waals surface area (Å²) in [4.78, 5) is 10.7. The highest BCUT2D eigenvalue weighted by atomic mass is 16.5. The molecule has 0 saturated carbocycles. The van der Waals surface area contributed by atoms with Gasteiger partial charge in [0.15, 0.2) is 0 Å². The molecule has 0 spiro atoms. The Labute approximate surface area is 102 Å². The van der Waals surface area contributed by atoms with Crippen LogP contribution in [0.3, 0.4) is 0 Å². The van der Waals surface area contributed by atoms with Crippen molar-refractivity contribution in [3.05, 3.63) is 29.8 Å². The molecule has 0 fully saturated rings. The van der Waals surface area contributed by atoms with Gasteiger partial charge in [0.25, 0.3) is 0 Å². The summed E-state index contributed by atoms with van der Waals surface area (Å²) >= 11 is 0. The van der Waals surface area contributed by atoms with E-state index >= 15 is 0 Å². The summed E-state index contributed by atoms with van der Waals surface area (Å²) in [6.45, 7) is 5.30. The third-order valence-corrected chi connectivity index (χ3v) is 2.40. The van der Waals surface area contributed by atoms with Gasteiger partial charge in [-0.25, -0.2) is 0 Å². The van der Waals surface area contributed by atoms with E-state index in [1.807, 2.05) is 38.1 Å². The second kappa shape index (κ2) is 6.91. The van der Waals surface area contributed by atoms with Crippen molar-refractivity contribution in [2.24, 2.45) is 5.73 Å². The summed E-state index contributed by atoms with van der Waals surface area (Å²) in [7, 11) is 0. The molecule has 1 aromatic rings. The molecule has 0 aromatic heterocycles. The zero-order chi connectivity index (χ0) is 12.7. The fourth-order valence-corrected chi connectivity index (χ4v) is 1.54. The topological polar surface area (TPSA) is 64.3 Å². The fraction of sp³-hybridized carbons (Fsp3) is 0.462. The molecule has 0 aliphatic carbocycles. The molecule has 0 aliphatic heterocycles. The van der Waals surface area contributed by atoms with Gasteiger partial charge in [-0.1, -0.05) is 12.1 Å². The lowest BCUT2D eigenvalue weighted by Gasteiger charge is -2.12. The minimum absolute atomic E-state index is 0.0964. The number of carbonyl (C=O) groups is 1. The molecule has 3 N–H and O–H groups in total. The van der Waals surface area contributed by atoms with E-state index < -0.39 is 0 Å². The summed E-state index contributed by atoms with van der Waals surface area (Å²) in [6.07, 6.45) is 0.358. The van der Waals surface area contributed by atoms with Crippen LogP contribution in [0.1, 0.15) is 25.8 Å². The van der Waals surface area contributed by atoms with Crippen molar-refractivity contribution >= 4 is 5.91 Å². The Morgan fingerprint density at radius 1 is 1.41 bits per heavy atom. The number of nitrogens with one attached hydrogen (secondary N) is 1. The first kappa shape index (κ1) is 13.5. The molecule has 1 unspecified atom stereocenters. The number of carbonyl (C=O) groups excluding carboxylic acids is 1. The summed E-state index contributed by atoms with van der Waals surface area (Å²) in [5.41, 5.74) is 6.28.